The fraction of sp³-hybridized carbons (Fsp3) is 0.364. The van der Waals surface area contributed by atoms with E-state index in [1.165, 1.54) is 50.5 Å². The molecule has 0 radical (unpaired) electrons. The van der Waals surface area contributed by atoms with Crippen molar-refractivity contribution in [2.75, 3.05) is 52.5 Å². The molecule has 0 atom stereocenters. The molecule has 2 aromatic carbocycles. The number of carbonyl (C=O) groups is 2. The first-order chi connectivity index (χ1) is 15.5. The van der Waals surface area contributed by atoms with Crippen LogP contribution < -0.4 is 23.8 Å². The Balaban J connectivity index is 2.17. The summed E-state index contributed by atoms with van der Waals surface area (Å²) in [5.41, 5.74) is 1.36. The van der Waals surface area contributed by atoms with E-state index in [-0.39, 0.29) is 18.1 Å². The maximum Gasteiger partial charge on any atom is 0.253 e. The number of carbonyl (C=O) groups excluding carboxylic acids is 2. The molecule has 2 rings (SSSR count). The van der Waals surface area contributed by atoms with E-state index < -0.39 is 22.5 Å². The first-order valence-electron chi connectivity index (χ1n) is 9.86. The van der Waals surface area contributed by atoms with E-state index >= 15 is 0 Å². The van der Waals surface area contributed by atoms with Gasteiger partial charge in [0.2, 0.25) is 21.7 Å². The lowest BCUT2D eigenvalue weighted by molar-refractivity contribution is -0.119. The minimum absolute atomic E-state index is 0.115. The highest BCUT2D eigenvalue weighted by molar-refractivity contribution is 7.92. The number of rotatable bonds is 10. The van der Waals surface area contributed by atoms with Crippen LogP contribution in [-0.2, 0) is 21.4 Å². The van der Waals surface area contributed by atoms with Gasteiger partial charge < -0.3 is 24.4 Å². The highest BCUT2D eigenvalue weighted by atomic mass is 32.2. The van der Waals surface area contributed by atoms with E-state index in [1.54, 1.807) is 26.2 Å². The summed E-state index contributed by atoms with van der Waals surface area (Å²) in [4.78, 5) is 26.1. The van der Waals surface area contributed by atoms with Gasteiger partial charge in [0.1, 0.15) is 6.54 Å². The predicted molar refractivity (Wildman–Crippen MR) is 125 cm³/mol. The van der Waals surface area contributed by atoms with Gasteiger partial charge in [-0.2, -0.15) is 0 Å². The van der Waals surface area contributed by atoms with Crippen molar-refractivity contribution in [1.82, 2.24) is 10.2 Å². The van der Waals surface area contributed by atoms with E-state index in [2.05, 4.69) is 5.32 Å². The van der Waals surface area contributed by atoms with Crippen LogP contribution in [0, 0.1) is 0 Å². The van der Waals surface area contributed by atoms with Crippen molar-refractivity contribution in [3.05, 3.63) is 47.5 Å². The minimum Gasteiger partial charge on any atom is -0.493 e. The predicted octanol–water partition coefficient (Wildman–Crippen LogP) is 1.50. The molecule has 0 saturated heterocycles. The Labute approximate surface area is 194 Å². The standard InChI is InChI=1S/C22H29N3O7S/c1-24(2)22(27)16-7-9-17(10-8-16)25(33(6,28)29)14-20(26)23-13-15-11-18(30-3)21(32-5)19(12-15)31-4/h7-12H,13-14H2,1-6H3,(H,23,26). The molecule has 0 aromatic heterocycles. The number of anilines is 1. The van der Waals surface area contributed by atoms with Gasteiger partial charge in [-0.05, 0) is 42.0 Å². The summed E-state index contributed by atoms with van der Waals surface area (Å²) < 4.78 is 41.5. The molecule has 0 fully saturated rings. The van der Waals surface area contributed by atoms with E-state index in [4.69, 9.17) is 14.2 Å². The molecule has 1 N–H and O–H groups in total. The molecule has 11 heteroatoms. The molecule has 10 nitrogen and oxygen atoms in total. The van der Waals surface area contributed by atoms with E-state index in [1.807, 2.05) is 0 Å². The van der Waals surface area contributed by atoms with Crippen LogP contribution in [-0.4, -0.2) is 73.4 Å². The summed E-state index contributed by atoms with van der Waals surface area (Å²) >= 11 is 0. The lowest BCUT2D eigenvalue weighted by atomic mass is 10.1. The van der Waals surface area contributed by atoms with E-state index in [0.717, 1.165) is 10.6 Å². The molecule has 2 amide bonds. The first-order valence-corrected chi connectivity index (χ1v) is 11.7. The number of sulfonamides is 1. The van der Waals surface area contributed by atoms with Gasteiger partial charge in [-0.3, -0.25) is 13.9 Å². The van der Waals surface area contributed by atoms with Gasteiger partial charge in [0.05, 0.1) is 33.3 Å². The topological polar surface area (TPSA) is 114 Å². The number of ether oxygens (including phenoxy) is 3. The zero-order chi connectivity index (χ0) is 24.8. The van der Waals surface area contributed by atoms with Gasteiger partial charge in [0.25, 0.3) is 5.91 Å². The maximum atomic E-state index is 12.6. The third-order valence-corrected chi connectivity index (χ3v) is 5.85. The lowest BCUT2D eigenvalue weighted by Gasteiger charge is -2.22. The molecule has 0 aliphatic rings. The second-order valence-corrected chi connectivity index (χ2v) is 9.23. The third kappa shape index (κ3) is 6.51. The van der Waals surface area contributed by atoms with Crippen LogP contribution in [0.15, 0.2) is 36.4 Å². The molecule has 180 valence electrons. The van der Waals surface area contributed by atoms with E-state index in [0.29, 0.717) is 28.4 Å². The Morgan fingerprint density at radius 3 is 1.91 bits per heavy atom. The average molecular weight is 480 g/mol. The van der Waals surface area contributed by atoms with Crippen molar-refractivity contribution in [3.8, 4) is 17.2 Å². The monoisotopic (exact) mass is 479 g/mol. The fourth-order valence-electron chi connectivity index (χ4n) is 3.05. The van der Waals surface area contributed by atoms with Crippen LogP contribution in [0.1, 0.15) is 15.9 Å². The number of hydrogen-bond donors (Lipinski definition) is 1. The molecule has 0 spiro atoms. The molecule has 0 aliphatic carbocycles. The SMILES string of the molecule is COc1cc(CNC(=O)CN(c2ccc(C(=O)N(C)C)cc2)S(C)(=O)=O)cc(OC)c1OC. The van der Waals surface area contributed by atoms with Crippen molar-refractivity contribution in [2.24, 2.45) is 0 Å². The van der Waals surface area contributed by atoms with Crippen LogP contribution in [0.5, 0.6) is 17.2 Å². The Kier molecular flexibility index (Phi) is 8.52. The molecular formula is C22H29N3O7S. The summed E-state index contributed by atoms with van der Waals surface area (Å²) in [6.45, 7) is -0.312. The number of nitrogens with zero attached hydrogens (tertiary/aromatic N) is 2. The Morgan fingerprint density at radius 2 is 1.48 bits per heavy atom. The van der Waals surface area contributed by atoms with Crippen molar-refractivity contribution >= 4 is 27.5 Å². The second-order valence-electron chi connectivity index (χ2n) is 7.33. The van der Waals surface area contributed by atoms with Crippen molar-refractivity contribution < 1.29 is 32.2 Å². The number of methoxy groups -OCH3 is 3. The summed E-state index contributed by atoms with van der Waals surface area (Å²) in [5, 5.41) is 2.70. The molecular weight excluding hydrogens is 450 g/mol. The number of benzene rings is 2. The number of amides is 2. The molecule has 2 aromatic rings. The Bertz CT molecular complexity index is 1070. The van der Waals surface area contributed by atoms with Crippen LogP contribution in [0.4, 0.5) is 5.69 Å². The first kappa shape index (κ1) is 25.8. The molecule has 0 aliphatic heterocycles. The number of nitrogens with one attached hydrogen (secondary N) is 1. The average Bonchev–Trinajstić information content (AvgIpc) is 2.79. The Morgan fingerprint density at radius 1 is 0.939 bits per heavy atom. The quantitative estimate of drug-likeness (QED) is 0.549. The van der Waals surface area contributed by atoms with Crippen LogP contribution >= 0.6 is 0 Å². The van der Waals surface area contributed by atoms with Crippen LogP contribution in [0.25, 0.3) is 0 Å². The molecule has 33 heavy (non-hydrogen) atoms. The highest BCUT2D eigenvalue weighted by Gasteiger charge is 2.22. The normalized spacial score (nSPS) is 10.8. The largest absolute Gasteiger partial charge is 0.493 e. The van der Waals surface area contributed by atoms with Gasteiger partial charge in [-0.15, -0.1) is 0 Å². The highest BCUT2D eigenvalue weighted by Crippen LogP contribution is 2.38. The molecule has 0 bridgehead atoms. The number of hydrogen-bond acceptors (Lipinski definition) is 7. The molecule has 0 heterocycles. The third-order valence-electron chi connectivity index (χ3n) is 4.71. The smallest absolute Gasteiger partial charge is 0.253 e. The molecule has 0 saturated carbocycles. The lowest BCUT2D eigenvalue weighted by Crippen LogP contribution is -2.40. The minimum atomic E-state index is -3.76. The maximum absolute atomic E-state index is 12.6. The van der Waals surface area contributed by atoms with Gasteiger partial charge in [-0.25, -0.2) is 8.42 Å². The summed E-state index contributed by atoms with van der Waals surface area (Å²) in [7, 11) is 3.95. The van der Waals surface area contributed by atoms with E-state index in [9.17, 15) is 18.0 Å². The zero-order valence-electron chi connectivity index (χ0n) is 19.5. The van der Waals surface area contributed by atoms with Crippen molar-refractivity contribution in [2.45, 2.75) is 6.54 Å². The van der Waals surface area contributed by atoms with Gasteiger partial charge in [-0.1, -0.05) is 0 Å². The van der Waals surface area contributed by atoms with Gasteiger partial charge in [0, 0.05) is 26.2 Å². The summed E-state index contributed by atoms with van der Waals surface area (Å²) in [5.74, 6) is 0.574. The second kappa shape index (κ2) is 10.9. The van der Waals surface area contributed by atoms with Crippen molar-refractivity contribution in [1.29, 1.82) is 0 Å². The molecule has 0 unspecified atom stereocenters. The zero-order valence-corrected chi connectivity index (χ0v) is 20.4. The van der Waals surface area contributed by atoms with Crippen LogP contribution in [0.3, 0.4) is 0 Å². The van der Waals surface area contributed by atoms with Gasteiger partial charge >= 0.3 is 0 Å². The van der Waals surface area contributed by atoms with Gasteiger partial charge in [0.15, 0.2) is 11.5 Å². The van der Waals surface area contributed by atoms with Crippen LogP contribution in [0.2, 0.25) is 0 Å². The fourth-order valence-corrected chi connectivity index (χ4v) is 3.91. The summed E-state index contributed by atoms with van der Waals surface area (Å²) in [6.07, 6.45) is 1.01. The Hall–Kier alpha value is -3.47. The summed E-state index contributed by atoms with van der Waals surface area (Å²) in [6, 6.07) is 9.40. The van der Waals surface area contributed by atoms with Crippen molar-refractivity contribution in [3.63, 3.8) is 0 Å².